The number of hydrogen-bond acceptors (Lipinski definition) is 1. The maximum atomic E-state index is 5.90. The Balaban J connectivity index is 1.85. The smallest absolute Gasteiger partial charge is 0.0717 e. The molecule has 0 saturated carbocycles. The van der Waals surface area contributed by atoms with E-state index in [2.05, 4.69) is 44.2 Å². The van der Waals surface area contributed by atoms with Crippen LogP contribution < -0.4 is 0 Å². The van der Waals surface area contributed by atoms with Crippen molar-refractivity contribution in [2.45, 2.75) is 117 Å². The monoisotopic (exact) mass is 373 g/mol. The van der Waals surface area contributed by atoms with Gasteiger partial charge in [-0.3, -0.25) is 0 Å². The lowest BCUT2D eigenvalue weighted by atomic mass is 9.98. The molecular weight excluding hydrogens is 328 g/mol. The number of benzene rings is 1. The van der Waals surface area contributed by atoms with Crippen LogP contribution in [0.3, 0.4) is 0 Å². The highest BCUT2D eigenvalue weighted by molar-refractivity contribution is 5.13. The molecule has 0 fully saturated rings. The molecule has 0 bridgehead atoms. The van der Waals surface area contributed by atoms with Crippen molar-refractivity contribution >= 4 is 0 Å². The van der Waals surface area contributed by atoms with Gasteiger partial charge in [-0.25, -0.2) is 0 Å². The number of hydrogen-bond donors (Lipinski definition) is 0. The van der Waals surface area contributed by atoms with Gasteiger partial charge in [0.1, 0.15) is 0 Å². The molecule has 1 nitrogen and oxygen atoms in total. The van der Waals surface area contributed by atoms with E-state index in [9.17, 15) is 0 Å². The van der Waals surface area contributed by atoms with E-state index in [1.165, 1.54) is 95.5 Å². The summed E-state index contributed by atoms with van der Waals surface area (Å²) < 4.78 is 5.90. The Morgan fingerprint density at radius 3 is 1.70 bits per heavy atom. The van der Waals surface area contributed by atoms with Crippen molar-refractivity contribution < 1.29 is 4.74 Å². The molecule has 1 rings (SSSR count). The molecule has 0 aromatic heterocycles. The topological polar surface area (TPSA) is 9.23 Å². The molecule has 27 heavy (non-hydrogen) atoms. The summed E-state index contributed by atoms with van der Waals surface area (Å²) in [5.41, 5.74) is 1.27. The second-order valence-electron chi connectivity index (χ2n) is 8.07. The van der Waals surface area contributed by atoms with Crippen molar-refractivity contribution in [1.82, 2.24) is 0 Å². The van der Waals surface area contributed by atoms with Crippen LogP contribution in [0, 0.1) is 5.92 Å². The van der Waals surface area contributed by atoms with Gasteiger partial charge in [0.05, 0.1) is 13.2 Å². The largest absolute Gasteiger partial charge is 0.376 e. The molecule has 0 saturated heterocycles. The SMILES string of the molecule is CCCCCCCCCCCCCCC[C](CC)COCc1ccccc1. The summed E-state index contributed by atoms with van der Waals surface area (Å²) in [5, 5.41) is 0. The zero-order valence-electron chi connectivity index (χ0n) is 18.3. The Hall–Kier alpha value is -0.820. The van der Waals surface area contributed by atoms with E-state index in [4.69, 9.17) is 4.74 Å². The second-order valence-corrected chi connectivity index (χ2v) is 8.07. The molecule has 0 heterocycles. The van der Waals surface area contributed by atoms with Gasteiger partial charge in [-0.15, -0.1) is 0 Å². The van der Waals surface area contributed by atoms with Crippen LogP contribution in [0.4, 0.5) is 0 Å². The normalized spacial score (nSPS) is 11.4. The van der Waals surface area contributed by atoms with Gasteiger partial charge in [-0.1, -0.05) is 128 Å². The van der Waals surface area contributed by atoms with Gasteiger partial charge < -0.3 is 4.74 Å². The highest BCUT2D eigenvalue weighted by Gasteiger charge is 2.07. The van der Waals surface area contributed by atoms with E-state index in [-0.39, 0.29) is 0 Å². The zero-order valence-corrected chi connectivity index (χ0v) is 18.3. The molecular formula is C26H45O. The molecule has 1 heteroatoms. The first-order chi connectivity index (χ1) is 13.4. The molecule has 0 atom stereocenters. The summed E-state index contributed by atoms with van der Waals surface area (Å²) >= 11 is 0. The van der Waals surface area contributed by atoms with Gasteiger partial charge >= 0.3 is 0 Å². The van der Waals surface area contributed by atoms with Gasteiger partial charge in [0, 0.05) is 5.92 Å². The molecule has 155 valence electrons. The minimum atomic E-state index is 0.739. The third-order valence-corrected chi connectivity index (χ3v) is 5.55. The second kappa shape index (κ2) is 18.5. The van der Waals surface area contributed by atoms with Crippen molar-refractivity contribution in [2.24, 2.45) is 0 Å². The Kier molecular flexibility index (Phi) is 16.6. The lowest BCUT2D eigenvalue weighted by Crippen LogP contribution is -2.06. The fourth-order valence-electron chi connectivity index (χ4n) is 3.63. The van der Waals surface area contributed by atoms with Crippen LogP contribution in [0.25, 0.3) is 0 Å². The molecule has 1 aromatic carbocycles. The first kappa shape index (κ1) is 24.2. The average molecular weight is 374 g/mol. The number of unbranched alkanes of at least 4 members (excludes halogenated alkanes) is 12. The maximum absolute atomic E-state index is 5.90. The van der Waals surface area contributed by atoms with Crippen molar-refractivity contribution in [3.8, 4) is 0 Å². The molecule has 0 N–H and O–H groups in total. The fraction of sp³-hybridized carbons (Fsp3) is 0.731. The Morgan fingerprint density at radius 1 is 0.667 bits per heavy atom. The first-order valence-corrected chi connectivity index (χ1v) is 11.8. The highest BCUT2D eigenvalue weighted by atomic mass is 16.5. The lowest BCUT2D eigenvalue weighted by molar-refractivity contribution is 0.125. The van der Waals surface area contributed by atoms with Gasteiger partial charge in [-0.05, 0) is 18.4 Å². The van der Waals surface area contributed by atoms with Crippen molar-refractivity contribution in [3.05, 3.63) is 41.8 Å². The van der Waals surface area contributed by atoms with E-state index in [0.717, 1.165) is 19.6 Å². The molecule has 0 spiro atoms. The highest BCUT2D eigenvalue weighted by Crippen LogP contribution is 2.18. The Bertz CT molecular complexity index is 400. The predicted octanol–water partition coefficient (Wildman–Crippen LogP) is 8.67. The molecule has 1 radical (unpaired) electrons. The van der Waals surface area contributed by atoms with Crippen LogP contribution >= 0.6 is 0 Å². The lowest BCUT2D eigenvalue weighted by Gasteiger charge is -2.14. The molecule has 0 unspecified atom stereocenters. The van der Waals surface area contributed by atoms with E-state index in [1.54, 1.807) is 5.92 Å². The number of ether oxygens (including phenoxy) is 1. The first-order valence-electron chi connectivity index (χ1n) is 11.8. The summed E-state index contributed by atoms with van der Waals surface area (Å²) in [6.45, 7) is 6.14. The van der Waals surface area contributed by atoms with Crippen LogP contribution in [0.15, 0.2) is 30.3 Å². The van der Waals surface area contributed by atoms with Gasteiger partial charge in [0.2, 0.25) is 0 Å². The molecule has 0 aliphatic carbocycles. The van der Waals surface area contributed by atoms with Gasteiger partial charge in [0.15, 0.2) is 0 Å². The van der Waals surface area contributed by atoms with Crippen molar-refractivity contribution in [3.63, 3.8) is 0 Å². The van der Waals surface area contributed by atoms with Crippen LogP contribution in [0.1, 0.15) is 116 Å². The summed E-state index contributed by atoms with van der Waals surface area (Å²) in [7, 11) is 0. The van der Waals surface area contributed by atoms with Gasteiger partial charge in [0.25, 0.3) is 0 Å². The fourth-order valence-corrected chi connectivity index (χ4v) is 3.63. The molecule has 0 aliphatic rings. The summed E-state index contributed by atoms with van der Waals surface area (Å²) in [6.07, 6.45) is 21.0. The minimum absolute atomic E-state index is 0.739. The summed E-state index contributed by atoms with van der Waals surface area (Å²) in [6, 6.07) is 10.5. The van der Waals surface area contributed by atoms with E-state index in [0.29, 0.717) is 0 Å². The quantitative estimate of drug-likeness (QED) is 0.220. The average Bonchev–Trinajstić information content (AvgIpc) is 2.71. The van der Waals surface area contributed by atoms with E-state index < -0.39 is 0 Å². The maximum Gasteiger partial charge on any atom is 0.0717 e. The van der Waals surface area contributed by atoms with Gasteiger partial charge in [-0.2, -0.15) is 0 Å². The van der Waals surface area contributed by atoms with Crippen LogP contribution in [-0.4, -0.2) is 6.61 Å². The van der Waals surface area contributed by atoms with Crippen LogP contribution in [0.5, 0.6) is 0 Å². The van der Waals surface area contributed by atoms with E-state index in [1.807, 2.05) is 0 Å². The molecule has 1 aromatic rings. The van der Waals surface area contributed by atoms with E-state index >= 15 is 0 Å². The third kappa shape index (κ3) is 14.9. The predicted molar refractivity (Wildman–Crippen MR) is 120 cm³/mol. The van der Waals surface area contributed by atoms with Crippen molar-refractivity contribution in [1.29, 1.82) is 0 Å². The van der Waals surface area contributed by atoms with Crippen LogP contribution in [-0.2, 0) is 11.3 Å². The number of rotatable bonds is 19. The Labute approximate surface area is 170 Å². The summed E-state index contributed by atoms with van der Waals surface area (Å²) in [5.74, 6) is 1.58. The van der Waals surface area contributed by atoms with Crippen molar-refractivity contribution in [2.75, 3.05) is 6.61 Å². The molecule has 0 amide bonds. The summed E-state index contributed by atoms with van der Waals surface area (Å²) in [4.78, 5) is 0. The zero-order chi connectivity index (χ0) is 19.4. The minimum Gasteiger partial charge on any atom is -0.376 e. The third-order valence-electron chi connectivity index (χ3n) is 5.55. The Morgan fingerprint density at radius 2 is 1.19 bits per heavy atom. The molecule has 0 aliphatic heterocycles. The standard InChI is InChI=1S/C26H45O/c1-3-5-6-7-8-9-10-11-12-13-14-15-17-20-25(4-2)23-27-24-26-21-18-16-19-22-26/h16,18-19,21-22H,3-15,17,20,23-24H2,1-2H3. The van der Waals surface area contributed by atoms with Crippen LogP contribution in [0.2, 0.25) is 0 Å².